The lowest BCUT2D eigenvalue weighted by Gasteiger charge is -2.37. The fourth-order valence-electron chi connectivity index (χ4n) is 2.86. The van der Waals surface area contributed by atoms with Gasteiger partial charge in [0.2, 0.25) is 0 Å². The summed E-state index contributed by atoms with van der Waals surface area (Å²) in [4.78, 5) is 0. The third-order valence-corrected chi connectivity index (χ3v) is 3.87. The van der Waals surface area contributed by atoms with Crippen molar-refractivity contribution in [1.82, 2.24) is 5.32 Å². The zero-order chi connectivity index (χ0) is 12.8. The molecule has 18 heavy (non-hydrogen) atoms. The maximum absolute atomic E-state index is 5.34. The van der Waals surface area contributed by atoms with Gasteiger partial charge in [0, 0.05) is 18.4 Å². The van der Waals surface area contributed by atoms with E-state index in [-0.39, 0.29) is 0 Å². The van der Waals surface area contributed by atoms with Crippen molar-refractivity contribution in [2.75, 3.05) is 6.54 Å². The number of terminal acetylenes is 1. The van der Waals surface area contributed by atoms with Crippen LogP contribution in [0.15, 0.2) is 24.3 Å². The van der Waals surface area contributed by atoms with E-state index in [0.717, 1.165) is 19.4 Å². The lowest BCUT2D eigenvalue weighted by atomic mass is 9.72. The first-order chi connectivity index (χ1) is 8.86. The SMILES string of the molecule is C#CCCCC(NCCC)C1Cc2ccccc21. The molecule has 0 saturated carbocycles. The smallest absolute Gasteiger partial charge is 0.0139 e. The molecule has 1 aromatic carbocycles. The molecule has 96 valence electrons. The van der Waals surface area contributed by atoms with E-state index in [0.29, 0.717) is 12.0 Å². The number of benzene rings is 1. The van der Waals surface area contributed by atoms with Gasteiger partial charge in [0.05, 0.1) is 0 Å². The Labute approximate surface area is 111 Å². The van der Waals surface area contributed by atoms with Crippen LogP contribution in [0.5, 0.6) is 0 Å². The molecule has 1 heteroatoms. The average molecular weight is 241 g/mol. The predicted molar refractivity (Wildman–Crippen MR) is 77.7 cm³/mol. The molecule has 0 aliphatic heterocycles. The second-order valence-electron chi connectivity index (χ2n) is 5.17. The molecule has 0 aromatic heterocycles. The highest BCUT2D eigenvalue weighted by Crippen LogP contribution is 2.38. The molecule has 0 saturated heterocycles. The molecule has 1 aliphatic carbocycles. The second-order valence-corrected chi connectivity index (χ2v) is 5.17. The number of nitrogens with one attached hydrogen (secondary N) is 1. The van der Waals surface area contributed by atoms with E-state index in [2.05, 4.69) is 42.4 Å². The van der Waals surface area contributed by atoms with Crippen LogP contribution in [0, 0.1) is 12.3 Å². The van der Waals surface area contributed by atoms with E-state index in [4.69, 9.17) is 6.42 Å². The molecular weight excluding hydrogens is 218 g/mol. The fraction of sp³-hybridized carbons (Fsp3) is 0.529. The predicted octanol–water partition coefficient (Wildman–Crippen LogP) is 3.50. The van der Waals surface area contributed by atoms with Crippen LogP contribution in [0.3, 0.4) is 0 Å². The summed E-state index contributed by atoms with van der Waals surface area (Å²) in [6.45, 7) is 3.33. The Morgan fingerprint density at radius 1 is 1.44 bits per heavy atom. The van der Waals surface area contributed by atoms with Gasteiger partial charge in [0.15, 0.2) is 0 Å². The summed E-state index contributed by atoms with van der Waals surface area (Å²) < 4.78 is 0. The minimum Gasteiger partial charge on any atom is -0.313 e. The molecule has 2 unspecified atom stereocenters. The van der Waals surface area contributed by atoms with Gasteiger partial charge in [-0.2, -0.15) is 0 Å². The largest absolute Gasteiger partial charge is 0.313 e. The van der Waals surface area contributed by atoms with E-state index in [9.17, 15) is 0 Å². The maximum Gasteiger partial charge on any atom is 0.0139 e. The standard InChI is InChI=1S/C17H23N/c1-3-5-6-11-17(18-12-4-2)16-13-14-9-7-8-10-15(14)16/h1,7-10,16-18H,4-6,11-13H2,2H3. The Morgan fingerprint density at radius 2 is 2.28 bits per heavy atom. The summed E-state index contributed by atoms with van der Waals surface area (Å²) in [5.41, 5.74) is 3.08. The molecular formula is C17H23N. The van der Waals surface area contributed by atoms with Gasteiger partial charge >= 0.3 is 0 Å². The van der Waals surface area contributed by atoms with Crippen molar-refractivity contribution in [3.05, 3.63) is 35.4 Å². The Morgan fingerprint density at radius 3 is 3.00 bits per heavy atom. The Balaban J connectivity index is 1.95. The minimum absolute atomic E-state index is 0.605. The highest BCUT2D eigenvalue weighted by molar-refractivity contribution is 5.41. The van der Waals surface area contributed by atoms with Crippen molar-refractivity contribution in [3.8, 4) is 12.3 Å². The van der Waals surface area contributed by atoms with Gasteiger partial charge in [-0.3, -0.25) is 0 Å². The lowest BCUT2D eigenvalue weighted by molar-refractivity contribution is 0.373. The highest BCUT2D eigenvalue weighted by atomic mass is 14.9. The van der Waals surface area contributed by atoms with Crippen LogP contribution in [0.25, 0.3) is 0 Å². The molecule has 2 atom stereocenters. The number of hydrogen-bond acceptors (Lipinski definition) is 1. The van der Waals surface area contributed by atoms with E-state index in [1.54, 1.807) is 5.56 Å². The lowest BCUT2D eigenvalue weighted by Crippen LogP contribution is -2.40. The van der Waals surface area contributed by atoms with Gasteiger partial charge in [-0.25, -0.2) is 0 Å². The molecule has 1 nitrogen and oxygen atoms in total. The Hall–Kier alpha value is -1.26. The molecule has 0 spiro atoms. The zero-order valence-corrected chi connectivity index (χ0v) is 11.3. The third-order valence-electron chi connectivity index (χ3n) is 3.87. The van der Waals surface area contributed by atoms with Crippen LogP contribution in [0.2, 0.25) is 0 Å². The van der Waals surface area contributed by atoms with Crippen LogP contribution in [0.1, 0.15) is 49.7 Å². The molecule has 0 fully saturated rings. The normalized spacial score (nSPS) is 18.6. The van der Waals surface area contributed by atoms with Crippen molar-refractivity contribution in [2.45, 2.75) is 51.0 Å². The van der Waals surface area contributed by atoms with E-state index < -0.39 is 0 Å². The van der Waals surface area contributed by atoms with Crippen LogP contribution >= 0.6 is 0 Å². The number of hydrogen-bond donors (Lipinski definition) is 1. The van der Waals surface area contributed by atoms with Crippen LogP contribution in [-0.2, 0) is 6.42 Å². The monoisotopic (exact) mass is 241 g/mol. The first kappa shape index (κ1) is 13.2. The van der Waals surface area contributed by atoms with Crippen LogP contribution in [-0.4, -0.2) is 12.6 Å². The molecule has 1 aliphatic rings. The van der Waals surface area contributed by atoms with E-state index in [1.807, 2.05) is 0 Å². The topological polar surface area (TPSA) is 12.0 Å². The molecule has 0 heterocycles. The van der Waals surface area contributed by atoms with Crippen molar-refractivity contribution in [2.24, 2.45) is 0 Å². The molecule has 0 amide bonds. The van der Waals surface area contributed by atoms with E-state index >= 15 is 0 Å². The third kappa shape index (κ3) is 2.94. The average Bonchev–Trinajstić information content (AvgIpc) is 2.37. The summed E-state index contributed by atoms with van der Waals surface area (Å²) >= 11 is 0. The van der Waals surface area contributed by atoms with Crippen molar-refractivity contribution in [3.63, 3.8) is 0 Å². The van der Waals surface area contributed by atoms with Crippen LogP contribution < -0.4 is 5.32 Å². The minimum atomic E-state index is 0.605. The zero-order valence-electron chi connectivity index (χ0n) is 11.3. The van der Waals surface area contributed by atoms with Crippen molar-refractivity contribution in [1.29, 1.82) is 0 Å². The van der Waals surface area contributed by atoms with Gasteiger partial charge in [0.25, 0.3) is 0 Å². The van der Waals surface area contributed by atoms with Gasteiger partial charge in [-0.1, -0.05) is 31.2 Å². The summed E-state index contributed by atoms with van der Waals surface area (Å²) in [5.74, 6) is 3.45. The van der Waals surface area contributed by atoms with Crippen molar-refractivity contribution >= 4 is 0 Å². The van der Waals surface area contributed by atoms with Crippen molar-refractivity contribution < 1.29 is 0 Å². The maximum atomic E-state index is 5.34. The number of fused-ring (bicyclic) bond motifs is 1. The van der Waals surface area contributed by atoms with Gasteiger partial charge in [0.1, 0.15) is 0 Å². The molecule has 0 bridgehead atoms. The molecule has 1 aromatic rings. The molecule has 1 N–H and O–H groups in total. The summed E-state index contributed by atoms with van der Waals surface area (Å²) in [5, 5.41) is 3.70. The highest BCUT2D eigenvalue weighted by Gasteiger charge is 2.31. The van der Waals surface area contributed by atoms with Gasteiger partial charge < -0.3 is 5.32 Å². The first-order valence-electron chi connectivity index (χ1n) is 7.11. The first-order valence-corrected chi connectivity index (χ1v) is 7.11. The quantitative estimate of drug-likeness (QED) is 0.569. The fourth-order valence-corrected chi connectivity index (χ4v) is 2.86. The van der Waals surface area contributed by atoms with Gasteiger partial charge in [-0.05, 0) is 43.4 Å². The molecule has 0 radical (unpaired) electrons. The van der Waals surface area contributed by atoms with Gasteiger partial charge in [-0.15, -0.1) is 12.3 Å². The van der Waals surface area contributed by atoms with Crippen LogP contribution in [0.4, 0.5) is 0 Å². The Kier molecular flexibility index (Phi) is 4.84. The number of rotatable bonds is 7. The Bertz CT molecular complexity index is 416. The summed E-state index contributed by atoms with van der Waals surface area (Å²) in [6, 6.07) is 9.44. The summed E-state index contributed by atoms with van der Waals surface area (Å²) in [6.07, 6.45) is 11.0. The van der Waals surface area contributed by atoms with E-state index in [1.165, 1.54) is 24.8 Å². The second kappa shape index (κ2) is 6.61. The molecule has 2 rings (SSSR count). The summed E-state index contributed by atoms with van der Waals surface area (Å²) in [7, 11) is 0. The number of unbranched alkanes of at least 4 members (excludes halogenated alkanes) is 1.